The molecule has 1 saturated heterocycles. The summed E-state index contributed by atoms with van der Waals surface area (Å²) in [7, 11) is 0. The van der Waals surface area contributed by atoms with Crippen molar-refractivity contribution in [2.24, 2.45) is 0 Å². The fourth-order valence-corrected chi connectivity index (χ4v) is 3.17. The van der Waals surface area contributed by atoms with Crippen LogP contribution < -0.4 is 5.32 Å². The Morgan fingerprint density at radius 1 is 1.17 bits per heavy atom. The molecule has 0 bridgehead atoms. The quantitative estimate of drug-likeness (QED) is 0.856. The van der Waals surface area contributed by atoms with Gasteiger partial charge in [0.2, 0.25) is 5.91 Å². The lowest BCUT2D eigenvalue weighted by molar-refractivity contribution is -0.122. The van der Waals surface area contributed by atoms with E-state index in [-0.39, 0.29) is 18.0 Å². The van der Waals surface area contributed by atoms with Crippen molar-refractivity contribution in [1.82, 2.24) is 9.80 Å². The van der Waals surface area contributed by atoms with Crippen LogP contribution in [0, 0.1) is 0 Å². The van der Waals surface area contributed by atoms with E-state index in [9.17, 15) is 9.59 Å². The maximum Gasteiger partial charge on any atom is 0.410 e. The SMILES string of the molecule is CC(C)(C)OC(=O)N1CCN([C@H]2Cc3ccccc3NC2=O)CC1. The molecule has 0 aliphatic carbocycles. The minimum absolute atomic E-state index is 0.0411. The molecule has 6 nitrogen and oxygen atoms in total. The van der Waals surface area contributed by atoms with Crippen LogP contribution in [0.1, 0.15) is 26.3 Å². The van der Waals surface area contributed by atoms with E-state index >= 15 is 0 Å². The largest absolute Gasteiger partial charge is 0.444 e. The number of anilines is 1. The van der Waals surface area contributed by atoms with Gasteiger partial charge in [0.15, 0.2) is 0 Å². The summed E-state index contributed by atoms with van der Waals surface area (Å²) in [5.41, 5.74) is 1.59. The molecule has 2 amide bonds. The third kappa shape index (κ3) is 3.70. The molecule has 1 N–H and O–H groups in total. The molecule has 1 aromatic rings. The highest BCUT2D eigenvalue weighted by Crippen LogP contribution is 2.25. The first kappa shape index (κ1) is 16.8. The predicted octanol–water partition coefficient (Wildman–Crippen LogP) is 2.10. The number of nitrogens with one attached hydrogen (secondary N) is 1. The fraction of sp³-hybridized carbons (Fsp3) is 0.556. The van der Waals surface area contributed by atoms with E-state index in [1.54, 1.807) is 4.90 Å². The molecule has 2 aliphatic rings. The van der Waals surface area contributed by atoms with E-state index < -0.39 is 5.60 Å². The number of amides is 2. The highest BCUT2D eigenvalue weighted by Gasteiger charge is 2.34. The van der Waals surface area contributed by atoms with Gasteiger partial charge in [0.25, 0.3) is 0 Å². The smallest absolute Gasteiger partial charge is 0.410 e. The van der Waals surface area contributed by atoms with E-state index in [0.29, 0.717) is 32.6 Å². The normalized spacial score (nSPS) is 21.9. The first-order valence-electron chi connectivity index (χ1n) is 8.44. The zero-order chi connectivity index (χ0) is 17.3. The number of fused-ring (bicyclic) bond motifs is 1. The van der Waals surface area contributed by atoms with Crippen LogP contribution in [0.5, 0.6) is 0 Å². The van der Waals surface area contributed by atoms with Crippen molar-refractivity contribution in [2.75, 3.05) is 31.5 Å². The molecule has 1 atom stereocenters. The Morgan fingerprint density at radius 2 is 1.83 bits per heavy atom. The minimum atomic E-state index is -0.485. The highest BCUT2D eigenvalue weighted by atomic mass is 16.6. The summed E-state index contributed by atoms with van der Waals surface area (Å²) in [5, 5.41) is 2.99. The third-order valence-corrected chi connectivity index (χ3v) is 4.40. The maximum absolute atomic E-state index is 12.4. The number of piperazine rings is 1. The summed E-state index contributed by atoms with van der Waals surface area (Å²) in [6.45, 7) is 8.13. The van der Waals surface area contributed by atoms with Crippen molar-refractivity contribution >= 4 is 17.7 Å². The van der Waals surface area contributed by atoms with Crippen molar-refractivity contribution in [1.29, 1.82) is 0 Å². The van der Waals surface area contributed by atoms with Crippen molar-refractivity contribution < 1.29 is 14.3 Å². The summed E-state index contributed by atoms with van der Waals surface area (Å²) in [4.78, 5) is 28.4. The van der Waals surface area contributed by atoms with Gasteiger partial charge in [-0.05, 0) is 38.8 Å². The number of ether oxygens (including phenoxy) is 1. The van der Waals surface area contributed by atoms with Crippen LogP contribution in [0.25, 0.3) is 0 Å². The molecule has 0 aromatic heterocycles. The lowest BCUT2D eigenvalue weighted by Crippen LogP contribution is -2.57. The van der Waals surface area contributed by atoms with Gasteiger partial charge < -0.3 is 15.0 Å². The summed E-state index contributed by atoms with van der Waals surface area (Å²) in [5.74, 6) is 0.0411. The minimum Gasteiger partial charge on any atom is -0.444 e. The number of carbonyl (C=O) groups excluding carboxylic acids is 2. The second kappa shape index (κ2) is 6.43. The molecule has 24 heavy (non-hydrogen) atoms. The molecule has 2 aliphatic heterocycles. The number of rotatable bonds is 1. The second-order valence-corrected chi connectivity index (χ2v) is 7.37. The summed E-state index contributed by atoms with van der Waals surface area (Å²) in [6, 6.07) is 7.75. The molecular weight excluding hydrogens is 306 g/mol. The molecule has 0 spiro atoms. The van der Waals surface area contributed by atoms with E-state index in [4.69, 9.17) is 4.74 Å². The Bertz CT molecular complexity index is 631. The zero-order valence-electron chi connectivity index (χ0n) is 14.5. The van der Waals surface area contributed by atoms with E-state index in [2.05, 4.69) is 16.3 Å². The van der Waals surface area contributed by atoms with E-state index in [0.717, 1.165) is 11.3 Å². The molecule has 2 heterocycles. The van der Waals surface area contributed by atoms with Crippen molar-refractivity contribution in [2.45, 2.75) is 38.8 Å². The monoisotopic (exact) mass is 331 g/mol. The standard InChI is InChI=1S/C18H25N3O3/c1-18(2,3)24-17(23)21-10-8-20(9-11-21)15-12-13-6-4-5-7-14(13)19-16(15)22/h4-7,15H,8-12H2,1-3H3,(H,19,22)/t15-/m0/s1. The van der Waals surface area contributed by atoms with Gasteiger partial charge in [-0.25, -0.2) is 4.79 Å². The molecule has 0 unspecified atom stereocenters. The van der Waals surface area contributed by atoms with Gasteiger partial charge in [-0.3, -0.25) is 9.69 Å². The summed E-state index contributed by atoms with van der Waals surface area (Å²) >= 11 is 0. The molecule has 1 aromatic carbocycles. The van der Waals surface area contributed by atoms with Crippen LogP contribution in [0.4, 0.5) is 10.5 Å². The third-order valence-electron chi connectivity index (χ3n) is 4.40. The van der Waals surface area contributed by atoms with Crippen molar-refractivity contribution in [3.05, 3.63) is 29.8 Å². The zero-order valence-corrected chi connectivity index (χ0v) is 14.5. The van der Waals surface area contributed by atoms with E-state index in [1.807, 2.05) is 39.0 Å². The molecule has 130 valence electrons. The lowest BCUT2D eigenvalue weighted by Gasteiger charge is -2.40. The second-order valence-electron chi connectivity index (χ2n) is 7.37. The Morgan fingerprint density at radius 3 is 2.50 bits per heavy atom. The average Bonchev–Trinajstić information content (AvgIpc) is 2.53. The average molecular weight is 331 g/mol. The molecule has 1 fully saturated rings. The Labute approximate surface area is 142 Å². The van der Waals surface area contributed by atoms with Crippen LogP contribution in [-0.4, -0.2) is 59.6 Å². The van der Waals surface area contributed by atoms with Crippen molar-refractivity contribution in [3.63, 3.8) is 0 Å². The van der Waals surface area contributed by atoms with Gasteiger partial charge >= 0.3 is 6.09 Å². The van der Waals surface area contributed by atoms with Crippen LogP contribution in [0.2, 0.25) is 0 Å². The molecule has 0 saturated carbocycles. The highest BCUT2D eigenvalue weighted by molar-refractivity contribution is 5.98. The number of nitrogens with zero attached hydrogens (tertiary/aromatic N) is 2. The van der Waals surface area contributed by atoms with Gasteiger partial charge in [0.05, 0.1) is 6.04 Å². The number of hydrogen-bond donors (Lipinski definition) is 1. The van der Waals surface area contributed by atoms with Gasteiger partial charge in [-0.15, -0.1) is 0 Å². The summed E-state index contributed by atoms with van der Waals surface area (Å²) in [6.07, 6.45) is 0.439. The number of carbonyl (C=O) groups is 2. The molecule has 0 radical (unpaired) electrons. The van der Waals surface area contributed by atoms with Gasteiger partial charge in [-0.1, -0.05) is 18.2 Å². The lowest BCUT2D eigenvalue weighted by atomic mass is 9.97. The van der Waals surface area contributed by atoms with Crippen molar-refractivity contribution in [3.8, 4) is 0 Å². The van der Waals surface area contributed by atoms with Gasteiger partial charge in [0.1, 0.15) is 5.60 Å². The topological polar surface area (TPSA) is 61.9 Å². The number of benzene rings is 1. The Kier molecular flexibility index (Phi) is 4.49. The van der Waals surface area contributed by atoms with E-state index in [1.165, 1.54) is 0 Å². The Hall–Kier alpha value is -2.08. The maximum atomic E-state index is 12.4. The molecule has 6 heteroatoms. The Balaban J connectivity index is 1.59. The number of hydrogen-bond acceptors (Lipinski definition) is 4. The number of para-hydroxylation sites is 1. The van der Waals surface area contributed by atoms with Gasteiger partial charge in [0, 0.05) is 31.9 Å². The fourth-order valence-electron chi connectivity index (χ4n) is 3.17. The molecule has 3 rings (SSSR count). The van der Waals surface area contributed by atoms with Crippen LogP contribution in [0.3, 0.4) is 0 Å². The van der Waals surface area contributed by atoms with Gasteiger partial charge in [-0.2, -0.15) is 0 Å². The van der Waals surface area contributed by atoms with Crippen LogP contribution in [-0.2, 0) is 16.0 Å². The first-order chi connectivity index (χ1) is 11.3. The predicted molar refractivity (Wildman–Crippen MR) is 91.9 cm³/mol. The molecular formula is C18H25N3O3. The first-order valence-corrected chi connectivity index (χ1v) is 8.44. The van der Waals surface area contributed by atoms with Crippen LogP contribution >= 0.6 is 0 Å². The summed E-state index contributed by atoms with van der Waals surface area (Å²) < 4.78 is 5.41. The van der Waals surface area contributed by atoms with Crippen LogP contribution in [0.15, 0.2) is 24.3 Å².